The summed E-state index contributed by atoms with van der Waals surface area (Å²) >= 11 is 0. The summed E-state index contributed by atoms with van der Waals surface area (Å²) in [5, 5.41) is 1.59. The monoisotopic (exact) mass is 344 g/mol. The number of imide groups is 1. The maximum Gasteiger partial charge on any atom is 0.266 e. The lowest BCUT2D eigenvalue weighted by Crippen LogP contribution is -2.31. The second kappa shape index (κ2) is 6.37. The molecule has 1 heterocycles. The van der Waals surface area contributed by atoms with Crippen LogP contribution in [0.15, 0.2) is 78.9 Å². The fraction of sp³-hybridized carbons (Fsp3) is 0.0476. The van der Waals surface area contributed by atoms with Gasteiger partial charge in [0.1, 0.15) is 0 Å². The first kappa shape index (κ1) is 15.9. The Morgan fingerprint density at radius 1 is 0.731 bits per heavy atom. The van der Waals surface area contributed by atoms with Crippen LogP contribution in [0, 0.1) is 0 Å². The number of nitrogens with zero attached hydrogens (tertiary/aromatic N) is 2. The van der Waals surface area contributed by atoms with Gasteiger partial charge < -0.3 is 4.84 Å². The van der Waals surface area contributed by atoms with Crippen LogP contribution in [-0.2, 0) is 0 Å². The highest BCUT2D eigenvalue weighted by Gasteiger charge is 2.37. The predicted octanol–water partition coefficient (Wildman–Crippen LogP) is 3.92. The average Bonchev–Trinajstić information content (AvgIpc) is 2.94. The molecule has 26 heavy (non-hydrogen) atoms. The molecule has 1 aliphatic rings. The third-order valence-corrected chi connectivity index (χ3v) is 4.26. The van der Waals surface area contributed by atoms with E-state index in [4.69, 9.17) is 4.84 Å². The van der Waals surface area contributed by atoms with Crippen molar-refractivity contribution in [2.45, 2.75) is 0 Å². The van der Waals surface area contributed by atoms with Crippen molar-refractivity contribution in [3.63, 3.8) is 0 Å². The van der Waals surface area contributed by atoms with E-state index >= 15 is 0 Å². The van der Waals surface area contributed by atoms with Crippen molar-refractivity contribution in [1.82, 2.24) is 0 Å². The second-order valence-electron chi connectivity index (χ2n) is 5.88. The maximum atomic E-state index is 12.8. The van der Waals surface area contributed by atoms with E-state index in [1.54, 1.807) is 60.6 Å². The number of benzene rings is 3. The van der Waals surface area contributed by atoms with Gasteiger partial charge in [-0.2, -0.15) is 0 Å². The van der Waals surface area contributed by atoms with Crippen LogP contribution in [0.25, 0.3) is 0 Å². The molecule has 0 N–H and O–H groups in total. The molecule has 1 aliphatic heterocycles. The van der Waals surface area contributed by atoms with Gasteiger partial charge in [-0.1, -0.05) is 42.5 Å². The van der Waals surface area contributed by atoms with E-state index in [9.17, 15) is 9.59 Å². The SMILES string of the molecule is CN(Oc1ccccc1N1C(=O)c2ccccc2C1=O)c1ccccc1. The number of carbonyl (C=O) groups excluding carboxylic acids is 2. The van der Waals surface area contributed by atoms with Crippen LogP contribution in [0.4, 0.5) is 11.4 Å². The normalized spacial score (nSPS) is 12.9. The molecule has 0 atom stereocenters. The van der Waals surface area contributed by atoms with Gasteiger partial charge >= 0.3 is 0 Å². The van der Waals surface area contributed by atoms with Gasteiger partial charge in [-0.25, -0.2) is 9.96 Å². The third-order valence-electron chi connectivity index (χ3n) is 4.26. The van der Waals surface area contributed by atoms with E-state index in [1.807, 2.05) is 30.3 Å². The lowest BCUT2D eigenvalue weighted by Gasteiger charge is -2.23. The van der Waals surface area contributed by atoms with Crippen molar-refractivity contribution in [2.75, 3.05) is 17.0 Å². The van der Waals surface area contributed by atoms with Gasteiger partial charge in [-0.3, -0.25) is 9.59 Å². The van der Waals surface area contributed by atoms with Crippen molar-refractivity contribution in [3.8, 4) is 5.75 Å². The molecule has 0 bridgehead atoms. The van der Waals surface area contributed by atoms with E-state index < -0.39 is 0 Å². The molecule has 4 rings (SSSR count). The zero-order valence-corrected chi connectivity index (χ0v) is 14.1. The summed E-state index contributed by atoms with van der Waals surface area (Å²) in [6.07, 6.45) is 0. The lowest BCUT2D eigenvalue weighted by molar-refractivity contribution is 0.0924. The summed E-state index contributed by atoms with van der Waals surface area (Å²) < 4.78 is 0. The number of hydroxylamine groups is 1. The van der Waals surface area contributed by atoms with E-state index in [1.165, 1.54) is 4.90 Å². The van der Waals surface area contributed by atoms with Crippen LogP contribution >= 0.6 is 0 Å². The maximum absolute atomic E-state index is 12.8. The molecule has 0 fully saturated rings. The Labute approximate surface area is 151 Å². The number of para-hydroxylation sites is 3. The smallest absolute Gasteiger partial charge is 0.266 e. The van der Waals surface area contributed by atoms with Crippen LogP contribution in [-0.4, -0.2) is 18.9 Å². The van der Waals surface area contributed by atoms with Crippen molar-refractivity contribution in [3.05, 3.63) is 90.0 Å². The van der Waals surface area contributed by atoms with Crippen molar-refractivity contribution < 1.29 is 14.4 Å². The van der Waals surface area contributed by atoms with Gasteiger partial charge in [0, 0.05) is 7.05 Å². The summed E-state index contributed by atoms with van der Waals surface area (Å²) in [7, 11) is 1.77. The Morgan fingerprint density at radius 3 is 1.92 bits per heavy atom. The third kappa shape index (κ3) is 2.59. The molecule has 5 nitrogen and oxygen atoms in total. The molecule has 3 aromatic carbocycles. The fourth-order valence-corrected chi connectivity index (χ4v) is 2.97. The molecule has 128 valence electrons. The van der Waals surface area contributed by atoms with Crippen molar-refractivity contribution in [1.29, 1.82) is 0 Å². The van der Waals surface area contributed by atoms with Crippen LogP contribution in [0.5, 0.6) is 5.75 Å². The highest BCUT2D eigenvalue weighted by Crippen LogP contribution is 2.35. The molecule has 0 radical (unpaired) electrons. The quantitative estimate of drug-likeness (QED) is 0.532. The van der Waals surface area contributed by atoms with Gasteiger partial charge in [0.05, 0.1) is 22.5 Å². The fourth-order valence-electron chi connectivity index (χ4n) is 2.97. The number of carbonyl (C=O) groups is 2. The summed E-state index contributed by atoms with van der Waals surface area (Å²) in [5.41, 5.74) is 2.08. The number of hydrogen-bond acceptors (Lipinski definition) is 4. The molecule has 0 aliphatic carbocycles. The van der Waals surface area contributed by atoms with Gasteiger partial charge in [0.2, 0.25) is 0 Å². The first-order valence-electron chi connectivity index (χ1n) is 8.20. The van der Waals surface area contributed by atoms with Gasteiger partial charge in [0.15, 0.2) is 5.75 Å². The highest BCUT2D eigenvalue weighted by atomic mass is 16.7. The van der Waals surface area contributed by atoms with E-state index in [0.29, 0.717) is 22.6 Å². The topological polar surface area (TPSA) is 49.9 Å². The minimum atomic E-state index is -0.344. The molecule has 2 amide bonds. The molecule has 0 saturated carbocycles. The number of fused-ring (bicyclic) bond motifs is 1. The lowest BCUT2D eigenvalue weighted by atomic mass is 10.1. The van der Waals surface area contributed by atoms with Gasteiger partial charge in [-0.15, -0.1) is 0 Å². The molecule has 5 heteroatoms. The Morgan fingerprint density at radius 2 is 1.27 bits per heavy atom. The van der Waals surface area contributed by atoms with Gasteiger partial charge in [-0.05, 0) is 36.4 Å². The molecule has 3 aromatic rings. The molecule has 0 unspecified atom stereocenters. The molecule has 0 spiro atoms. The molecular formula is C21H16N2O3. The first-order chi connectivity index (χ1) is 12.7. The summed E-state index contributed by atoms with van der Waals surface area (Å²) in [5.74, 6) is -0.263. The largest absolute Gasteiger partial charge is 0.378 e. The van der Waals surface area contributed by atoms with Crippen LogP contribution in [0.3, 0.4) is 0 Å². The minimum Gasteiger partial charge on any atom is -0.378 e. The molecule has 0 aromatic heterocycles. The van der Waals surface area contributed by atoms with E-state index in [0.717, 1.165) is 5.69 Å². The minimum absolute atomic E-state index is 0.344. The number of amides is 2. The standard InChI is InChI=1S/C21H16N2O3/c1-22(15-9-3-2-4-10-15)26-19-14-8-7-13-18(19)23-20(24)16-11-5-6-12-17(16)21(23)25/h2-14H,1H3. The second-order valence-corrected chi connectivity index (χ2v) is 5.88. The van der Waals surface area contributed by atoms with Crippen LogP contribution in [0.1, 0.15) is 20.7 Å². The summed E-state index contributed by atoms with van der Waals surface area (Å²) in [6.45, 7) is 0. The van der Waals surface area contributed by atoms with E-state index in [2.05, 4.69) is 0 Å². The zero-order valence-electron chi connectivity index (χ0n) is 14.1. The van der Waals surface area contributed by atoms with Crippen molar-refractivity contribution >= 4 is 23.2 Å². The Bertz CT molecular complexity index is 950. The summed E-state index contributed by atoms with van der Waals surface area (Å²) in [4.78, 5) is 32.6. The van der Waals surface area contributed by atoms with E-state index in [-0.39, 0.29) is 11.8 Å². The van der Waals surface area contributed by atoms with Gasteiger partial charge in [0.25, 0.3) is 11.8 Å². The number of hydrogen-bond donors (Lipinski definition) is 0. The van der Waals surface area contributed by atoms with Crippen LogP contribution in [0.2, 0.25) is 0 Å². The Hall–Kier alpha value is -3.60. The molecule has 0 saturated heterocycles. The van der Waals surface area contributed by atoms with Crippen LogP contribution < -0.4 is 14.8 Å². The Kier molecular flexibility index (Phi) is 3.89. The first-order valence-corrected chi connectivity index (χ1v) is 8.20. The Balaban J connectivity index is 1.69. The summed E-state index contributed by atoms with van der Waals surface area (Å²) in [6, 6.07) is 23.4. The predicted molar refractivity (Wildman–Crippen MR) is 99.5 cm³/mol. The molecular weight excluding hydrogens is 328 g/mol. The number of rotatable bonds is 4. The average molecular weight is 344 g/mol. The number of anilines is 2. The highest BCUT2D eigenvalue weighted by molar-refractivity contribution is 6.34. The van der Waals surface area contributed by atoms with Crippen molar-refractivity contribution in [2.24, 2.45) is 0 Å². The zero-order chi connectivity index (χ0) is 18.1.